The number of hydrogen-bond acceptors (Lipinski definition) is 4. The van der Waals surface area contributed by atoms with Crippen molar-refractivity contribution in [1.29, 1.82) is 0 Å². The molecule has 1 aliphatic rings. The van der Waals surface area contributed by atoms with Gasteiger partial charge >= 0.3 is 12.1 Å². The highest BCUT2D eigenvalue weighted by Gasteiger charge is 2.25. The van der Waals surface area contributed by atoms with Crippen LogP contribution in [0.2, 0.25) is 0 Å². The summed E-state index contributed by atoms with van der Waals surface area (Å²) in [4.78, 5) is 25.4. The minimum Gasteiger partial charge on any atom is -0.465 e. The molecule has 0 saturated carbocycles. The molecule has 1 aromatic carbocycles. The van der Waals surface area contributed by atoms with Gasteiger partial charge in [0, 0.05) is 13.1 Å². The molecule has 0 atom stereocenters. The predicted molar refractivity (Wildman–Crippen MR) is 104 cm³/mol. The summed E-state index contributed by atoms with van der Waals surface area (Å²) in [5.41, 5.74) is 2.32. The van der Waals surface area contributed by atoms with Crippen LogP contribution in [0.3, 0.4) is 0 Å². The van der Waals surface area contributed by atoms with E-state index in [1.54, 1.807) is 17.0 Å². The van der Waals surface area contributed by atoms with Crippen molar-refractivity contribution in [3.63, 3.8) is 0 Å². The minimum absolute atomic E-state index is 0.266. The number of carbonyl (C=O) groups is 2. The van der Waals surface area contributed by atoms with Crippen LogP contribution in [0.5, 0.6) is 0 Å². The highest BCUT2D eigenvalue weighted by atomic mass is 16.6. The zero-order valence-electron chi connectivity index (χ0n) is 16.8. The van der Waals surface area contributed by atoms with Gasteiger partial charge in [0.25, 0.3) is 0 Å². The molecule has 0 saturated heterocycles. The lowest BCUT2D eigenvalue weighted by Crippen LogP contribution is -2.39. The lowest BCUT2D eigenvalue weighted by atomic mass is 9.98. The molecule has 1 amide bonds. The summed E-state index contributed by atoms with van der Waals surface area (Å²) in [5, 5.41) is 0. The third-order valence-electron chi connectivity index (χ3n) is 4.36. The molecule has 0 bridgehead atoms. The Morgan fingerprint density at radius 2 is 1.77 bits per heavy atom. The second kappa shape index (κ2) is 10.00. The van der Waals surface area contributed by atoms with E-state index < -0.39 is 5.60 Å². The van der Waals surface area contributed by atoms with E-state index in [1.165, 1.54) is 12.7 Å². The fourth-order valence-electron chi connectivity index (χ4n) is 2.41. The van der Waals surface area contributed by atoms with Crippen molar-refractivity contribution in [2.75, 3.05) is 20.2 Å². The first kappa shape index (κ1) is 21.7. The molecule has 0 radical (unpaired) electrons. The molecule has 0 N–H and O–H groups in total. The molecule has 26 heavy (non-hydrogen) atoms. The number of nitrogens with zero attached hydrogens (tertiary/aromatic N) is 1. The van der Waals surface area contributed by atoms with Gasteiger partial charge < -0.3 is 14.4 Å². The van der Waals surface area contributed by atoms with E-state index in [0.29, 0.717) is 18.7 Å². The maximum Gasteiger partial charge on any atom is 0.410 e. The first-order chi connectivity index (χ1) is 12.4. The maximum atomic E-state index is 12.2. The number of benzene rings is 1. The standard InChI is InChI=1S/C19H25NO4.C2H6/c1-5-19(2,3)24-18(22)20-12-10-15(11-13-20)14-6-8-16(9-7-14)17(21)23-4;1-2/h6-10H,5,11-13H2,1-4H3;1-2H3. The number of methoxy groups -OCH3 is 1. The molecule has 2 rings (SSSR count). The quantitative estimate of drug-likeness (QED) is 0.715. The van der Waals surface area contributed by atoms with Gasteiger partial charge in [-0.2, -0.15) is 0 Å². The van der Waals surface area contributed by atoms with E-state index in [9.17, 15) is 9.59 Å². The molecular weight excluding hydrogens is 330 g/mol. The van der Waals surface area contributed by atoms with Crippen LogP contribution in [0.15, 0.2) is 30.3 Å². The Bertz CT molecular complexity index is 632. The highest BCUT2D eigenvalue weighted by molar-refractivity contribution is 5.89. The van der Waals surface area contributed by atoms with Crippen LogP contribution < -0.4 is 0 Å². The van der Waals surface area contributed by atoms with Crippen LogP contribution >= 0.6 is 0 Å². The Morgan fingerprint density at radius 1 is 1.15 bits per heavy atom. The monoisotopic (exact) mass is 361 g/mol. The molecule has 5 heteroatoms. The van der Waals surface area contributed by atoms with E-state index in [-0.39, 0.29) is 12.1 Å². The number of ether oxygens (including phenoxy) is 2. The lowest BCUT2D eigenvalue weighted by Gasteiger charge is -2.31. The Morgan fingerprint density at radius 3 is 2.23 bits per heavy atom. The Kier molecular flexibility index (Phi) is 8.36. The Labute approximate surface area is 157 Å². The second-order valence-electron chi connectivity index (χ2n) is 6.48. The van der Waals surface area contributed by atoms with Gasteiger partial charge in [-0.1, -0.05) is 39.0 Å². The molecule has 0 spiro atoms. The summed E-state index contributed by atoms with van der Waals surface area (Å²) in [5.74, 6) is -0.341. The van der Waals surface area contributed by atoms with E-state index in [2.05, 4.69) is 0 Å². The molecule has 144 valence electrons. The van der Waals surface area contributed by atoms with Crippen molar-refractivity contribution in [2.45, 2.75) is 53.1 Å². The number of rotatable bonds is 4. The number of hydrogen-bond donors (Lipinski definition) is 0. The maximum absolute atomic E-state index is 12.2. The molecular formula is C21H31NO4. The minimum atomic E-state index is -0.440. The fraction of sp³-hybridized carbons (Fsp3) is 0.524. The van der Waals surface area contributed by atoms with Gasteiger partial charge in [-0.25, -0.2) is 9.59 Å². The van der Waals surface area contributed by atoms with Crippen molar-refractivity contribution in [3.8, 4) is 0 Å². The summed E-state index contributed by atoms with van der Waals surface area (Å²) < 4.78 is 10.2. The number of amides is 1. The fourth-order valence-corrected chi connectivity index (χ4v) is 2.41. The SMILES string of the molecule is CC.CCC(C)(C)OC(=O)N1CC=C(c2ccc(C(=O)OC)cc2)CC1. The third kappa shape index (κ3) is 5.90. The first-order valence-electron chi connectivity index (χ1n) is 9.22. The van der Waals surface area contributed by atoms with E-state index in [0.717, 1.165) is 18.4 Å². The van der Waals surface area contributed by atoms with Gasteiger partial charge in [0.1, 0.15) is 5.60 Å². The smallest absolute Gasteiger partial charge is 0.410 e. The molecule has 0 fully saturated rings. The van der Waals surface area contributed by atoms with Crippen LogP contribution in [0, 0.1) is 0 Å². The van der Waals surface area contributed by atoms with Crippen molar-refractivity contribution in [1.82, 2.24) is 4.90 Å². The van der Waals surface area contributed by atoms with Crippen LogP contribution in [-0.2, 0) is 9.47 Å². The lowest BCUT2D eigenvalue weighted by molar-refractivity contribution is 0.0132. The van der Waals surface area contributed by atoms with Crippen LogP contribution in [0.25, 0.3) is 5.57 Å². The zero-order chi connectivity index (χ0) is 19.7. The first-order valence-corrected chi connectivity index (χ1v) is 9.22. The van der Waals surface area contributed by atoms with Gasteiger partial charge in [-0.15, -0.1) is 0 Å². The zero-order valence-corrected chi connectivity index (χ0v) is 16.8. The normalized spacial score (nSPS) is 13.9. The summed E-state index contributed by atoms with van der Waals surface area (Å²) in [6, 6.07) is 7.33. The van der Waals surface area contributed by atoms with E-state index in [1.807, 2.05) is 52.8 Å². The number of carbonyl (C=O) groups excluding carboxylic acids is 2. The van der Waals surface area contributed by atoms with Gasteiger partial charge in [0.15, 0.2) is 0 Å². The Balaban J connectivity index is 0.00000163. The van der Waals surface area contributed by atoms with Gasteiger partial charge in [0.2, 0.25) is 0 Å². The average Bonchev–Trinajstić information content (AvgIpc) is 2.69. The summed E-state index contributed by atoms with van der Waals surface area (Å²) in [7, 11) is 1.37. The van der Waals surface area contributed by atoms with Gasteiger partial charge in [-0.3, -0.25) is 0 Å². The van der Waals surface area contributed by atoms with Crippen molar-refractivity contribution >= 4 is 17.6 Å². The molecule has 0 unspecified atom stereocenters. The summed E-state index contributed by atoms with van der Waals surface area (Å²) in [6.07, 6.45) is 3.31. The van der Waals surface area contributed by atoms with Crippen molar-refractivity contribution in [3.05, 3.63) is 41.5 Å². The van der Waals surface area contributed by atoms with Crippen LogP contribution in [-0.4, -0.2) is 42.8 Å². The van der Waals surface area contributed by atoms with Crippen LogP contribution in [0.1, 0.15) is 63.4 Å². The van der Waals surface area contributed by atoms with Gasteiger partial charge in [0.05, 0.1) is 12.7 Å². The predicted octanol–water partition coefficient (Wildman–Crippen LogP) is 4.91. The highest BCUT2D eigenvalue weighted by Crippen LogP contribution is 2.24. The number of esters is 1. The molecule has 1 aliphatic heterocycles. The summed E-state index contributed by atoms with van der Waals surface area (Å²) >= 11 is 0. The Hall–Kier alpha value is -2.30. The average molecular weight is 361 g/mol. The molecule has 0 aliphatic carbocycles. The largest absolute Gasteiger partial charge is 0.465 e. The third-order valence-corrected chi connectivity index (χ3v) is 4.36. The van der Waals surface area contributed by atoms with Crippen molar-refractivity contribution in [2.24, 2.45) is 0 Å². The molecule has 1 heterocycles. The van der Waals surface area contributed by atoms with Crippen LogP contribution in [0.4, 0.5) is 4.79 Å². The second-order valence-corrected chi connectivity index (χ2v) is 6.48. The molecule has 5 nitrogen and oxygen atoms in total. The summed E-state index contributed by atoms with van der Waals surface area (Å²) in [6.45, 7) is 11.0. The molecule has 1 aromatic rings. The topological polar surface area (TPSA) is 55.8 Å². The molecule has 0 aromatic heterocycles. The van der Waals surface area contributed by atoms with Crippen molar-refractivity contribution < 1.29 is 19.1 Å². The van der Waals surface area contributed by atoms with Gasteiger partial charge in [-0.05, 0) is 50.0 Å². The van der Waals surface area contributed by atoms with E-state index in [4.69, 9.17) is 9.47 Å². The van der Waals surface area contributed by atoms with E-state index >= 15 is 0 Å².